The van der Waals surface area contributed by atoms with Gasteiger partial charge in [0.2, 0.25) is 5.91 Å². The molecule has 1 aromatic carbocycles. The maximum absolute atomic E-state index is 13.3. The summed E-state index contributed by atoms with van der Waals surface area (Å²) in [6, 6.07) is 6.88. The molecule has 2 aliphatic heterocycles. The van der Waals surface area contributed by atoms with Crippen LogP contribution < -0.4 is 0 Å². The Morgan fingerprint density at radius 3 is 2.67 bits per heavy atom. The predicted molar refractivity (Wildman–Crippen MR) is 91.1 cm³/mol. The zero-order valence-electron chi connectivity index (χ0n) is 14.2. The lowest BCUT2D eigenvalue weighted by molar-refractivity contribution is -0.129. The van der Waals surface area contributed by atoms with Gasteiger partial charge in [-0.05, 0) is 62.4 Å². The van der Waals surface area contributed by atoms with E-state index in [9.17, 15) is 14.3 Å². The van der Waals surface area contributed by atoms with Crippen molar-refractivity contribution in [3.05, 3.63) is 35.6 Å². The molecule has 2 heterocycles. The van der Waals surface area contributed by atoms with Crippen LogP contribution in [0.1, 0.15) is 31.2 Å². The highest BCUT2D eigenvalue weighted by Gasteiger charge is 2.25. The number of carbonyl (C=O) groups excluding carboxylic acids is 1. The third kappa shape index (κ3) is 4.77. The first-order valence-electron chi connectivity index (χ1n) is 9.03. The second-order valence-corrected chi connectivity index (χ2v) is 7.18. The molecule has 2 aliphatic rings. The molecule has 5 heteroatoms. The maximum atomic E-state index is 13.3. The zero-order valence-corrected chi connectivity index (χ0v) is 14.2. The van der Waals surface area contributed by atoms with Crippen LogP contribution in [0.25, 0.3) is 0 Å². The van der Waals surface area contributed by atoms with Gasteiger partial charge in [-0.15, -0.1) is 0 Å². The molecule has 3 rings (SSSR count). The predicted octanol–water partition coefficient (Wildman–Crippen LogP) is 2.06. The van der Waals surface area contributed by atoms with Crippen molar-refractivity contribution in [2.75, 3.05) is 32.7 Å². The highest BCUT2D eigenvalue weighted by molar-refractivity contribution is 5.78. The Labute approximate surface area is 143 Å². The number of piperidine rings is 1. The molecule has 132 valence electrons. The molecule has 2 saturated heterocycles. The van der Waals surface area contributed by atoms with Crippen molar-refractivity contribution in [1.29, 1.82) is 0 Å². The van der Waals surface area contributed by atoms with E-state index in [0.29, 0.717) is 25.4 Å². The minimum atomic E-state index is -0.466. The third-order valence-corrected chi connectivity index (χ3v) is 5.19. The normalized spacial score (nSPS) is 21.4. The van der Waals surface area contributed by atoms with Gasteiger partial charge in [-0.2, -0.15) is 0 Å². The van der Waals surface area contributed by atoms with Gasteiger partial charge in [-0.1, -0.05) is 12.1 Å². The van der Waals surface area contributed by atoms with Gasteiger partial charge in [0, 0.05) is 26.1 Å². The van der Waals surface area contributed by atoms with Crippen molar-refractivity contribution in [1.82, 2.24) is 9.80 Å². The fourth-order valence-corrected chi connectivity index (χ4v) is 3.88. The Kier molecular flexibility index (Phi) is 5.85. The van der Waals surface area contributed by atoms with Gasteiger partial charge < -0.3 is 14.9 Å². The molecule has 1 unspecified atom stereocenters. The van der Waals surface area contributed by atoms with E-state index in [2.05, 4.69) is 4.90 Å². The van der Waals surface area contributed by atoms with E-state index in [4.69, 9.17) is 0 Å². The third-order valence-electron chi connectivity index (χ3n) is 5.19. The van der Waals surface area contributed by atoms with Gasteiger partial charge >= 0.3 is 0 Å². The summed E-state index contributed by atoms with van der Waals surface area (Å²) in [4.78, 5) is 15.7. The molecule has 1 atom stereocenters. The molecule has 1 N–H and O–H groups in total. The lowest BCUT2D eigenvalue weighted by Gasteiger charge is -2.34. The number of benzene rings is 1. The number of likely N-dealkylation sites (tertiary alicyclic amines) is 2. The number of carbonyl (C=O) groups is 1. The van der Waals surface area contributed by atoms with Gasteiger partial charge in [0.25, 0.3) is 0 Å². The molecule has 24 heavy (non-hydrogen) atoms. The number of halogens is 1. The quantitative estimate of drug-likeness (QED) is 0.866. The smallest absolute Gasteiger partial charge is 0.222 e. The zero-order chi connectivity index (χ0) is 16.9. The monoisotopic (exact) mass is 334 g/mol. The number of aliphatic hydroxyl groups is 1. The Morgan fingerprint density at radius 1 is 1.21 bits per heavy atom. The molecule has 0 saturated carbocycles. The first-order chi connectivity index (χ1) is 11.6. The SMILES string of the molecule is O=C1CCCN1CC(O)CN1CCC(Cc2cccc(F)c2)CC1. The number of nitrogens with zero attached hydrogens (tertiary/aromatic N) is 2. The largest absolute Gasteiger partial charge is 0.390 e. The van der Waals surface area contributed by atoms with Crippen LogP contribution in [0.15, 0.2) is 24.3 Å². The van der Waals surface area contributed by atoms with E-state index >= 15 is 0 Å². The van der Waals surface area contributed by atoms with Gasteiger partial charge in [0.15, 0.2) is 0 Å². The molecule has 0 bridgehead atoms. The van der Waals surface area contributed by atoms with Crippen molar-refractivity contribution in [2.45, 2.75) is 38.2 Å². The van der Waals surface area contributed by atoms with Crippen molar-refractivity contribution in [3.63, 3.8) is 0 Å². The Balaban J connectivity index is 1.39. The summed E-state index contributed by atoms with van der Waals surface area (Å²) in [7, 11) is 0. The van der Waals surface area contributed by atoms with Crippen LogP contribution in [-0.4, -0.2) is 59.6 Å². The van der Waals surface area contributed by atoms with Gasteiger partial charge in [-0.3, -0.25) is 4.79 Å². The van der Waals surface area contributed by atoms with Crippen molar-refractivity contribution >= 4 is 5.91 Å². The Bertz CT molecular complexity index is 558. The first kappa shape index (κ1) is 17.4. The first-order valence-corrected chi connectivity index (χ1v) is 9.03. The van der Waals surface area contributed by atoms with E-state index in [1.54, 1.807) is 17.0 Å². The molecular formula is C19H27FN2O2. The second-order valence-electron chi connectivity index (χ2n) is 7.18. The molecule has 0 aromatic heterocycles. The van der Waals surface area contributed by atoms with E-state index in [1.165, 1.54) is 6.07 Å². The number of amides is 1. The fraction of sp³-hybridized carbons (Fsp3) is 0.632. The lowest BCUT2D eigenvalue weighted by atomic mass is 9.90. The summed E-state index contributed by atoms with van der Waals surface area (Å²) >= 11 is 0. The van der Waals surface area contributed by atoms with Crippen LogP contribution in [-0.2, 0) is 11.2 Å². The molecule has 1 amide bonds. The number of β-amino-alcohol motifs (C(OH)–C–C–N with tert-alkyl or cyclic N) is 1. The average Bonchev–Trinajstić information content (AvgIpc) is 2.94. The molecule has 0 radical (unpaired) electrons. The molecule has 0 spiro atoms. The van der Waals surface area contributed by atoms with Crippen molar-refractivity contribution in [3.8, 4) is 0 Å². The number of aliphatic hydroxyl groups excluding tert-OH is 1. The summed E-state index contributed by atoms with van der Waals surface area (Å²) in [6.45, 7) is 3.81. The molecular weight excluding hydrogens is 307 g/mol. The van der Waals surface area contributed by atoms with Gasteiger partial charge in [0.1, 0.15) is 5.82 Å². The average molecular weight is 334 g/mol. The molecule has 2 fully saturated rings. The lowest BCUT2D eigenvalue weighted by Crippen LogP contribution is -2.43. The van der Waals surface area contributed by atoms with Crippen molar-refractivity contribution < 1.29 is 14.3 Å². The minimum Gasteiger partial charge on any atom is -0.390 e. The van der Waals surface area contributed by atoms with Gasteiger partial charge in [0.05, 0.1) is 6.10 Å². The van der Waals surface area contributed by atoms with Crippen LogP contribution in [0, 0.1) is 11.7 Å². The van der Waals surface area contributed by atoms with Crippen LogP contribution in [0.4, 0.5) is 4.39 Å². The summed E-state index contributed by atoms with van der Waals surface area (Å²) < 4.78 is 13.3. The number of rotatable bonds is 6. The second kappa shape index (κ2) is 8.08. The van der Waals surface area contributed by atoms with E-state index < -0.39 is 6.10 Å². The minimum absolute atomic E-state index is 0.162. The van der Waals surface area contributed by atoms with Crippen LogP contribution in [0.3, 0.4) is 0 Å². The molecule has 0 aliphatic carbocycles. The molecule has 1 aromatic rings. The highest BCUT2D eigenvalue weighted by atomic mass is 19.1. The summed E-state index contributed by atoms with van der Waals surface area (Å²) in [5.41, 5.74) is 1.07. The topological polar surface area (TPSA) is 43.8 Å². The van der Waals surface area contributed by atoms with E-state index in [1.807, 2.05) is 6.07 Å². The standard InChI is InChI=1S/C19H27FN2O2/c20-17-4-1-3-16(12-17)11-15-6-9-21(10-7-15)13-18(23)14-22-8-2-5-19(22)24/h1,3-4,12,15,18,23H,2,5-11,13-14H2. The van der Waals surface area contributed by atoms with E-state index in [0.717, 1.165) is 50.9 Å². The van der Waals surface area contributed by atoms with Crippen LogP contribution in [0.5, 0.6) is 0 Å². The van der Waals surface area contributed by atoms with Crippen LogP contribution in [0.2, 0.25) is 0 Å². The molecule has 4 nitrogen and oxygen atoms in total. The van der Waals surface area contributed by atoms with Crippen molar-refractivity contribution in [2.24, 2.45) is 5.92 Å². The number of hydrogen-bond acceptors (Lipinski definition) is 3. The summed E-state index contributed by atoms with van der Waals surface area (Å²) in [5.74, 6) is 0.590. The maximum Gasteiger partial charge on any atom is 0.222 e. The van der Waals surface area contributed by atoms with Gasteiger partial charge in [-0.25, -0.2) is 4.39 Å². The summed E-state index contributed by atoms with van der Waals surface area (Å²) in [5, 5.41) is 10.2. The van der Waals surface area contributed by atoms with E-state index in [-0.39, 0.29) is 11.7 Å². The van der Waals surface area contributed by atoms with Crippen LogP contribution >= 0.6 is 0 Å². The highest BCUT2D eigenvalue weighted by Crippen LogP contribution is 2.22. The Morgan fingerprint density at radius 2 is 2.00 bits per heavy atom. The Hall–Kier alpha value is -1.46. The summed E-state index contributed by atoms with van der Waals surface area (Å²) in [6.07, 6.45) is 4.15. The fourth-order valence-electron chi connectivity index (χ4n) is 3.88. The number of hydrogen-bond donors (Lipinski definition) is 1.